The lowest BCUT2D eigenvalue weighted by atomic mass is 9.86. The molecular weight excluding hydrogens is 336 g/mol. The molecule has 0 unspecified atom stereocenters. The Morgan fingerprint density at radius 2 is 1.40 bits per heavy atom. The van der Waals surface area contributed by atoms with E-state index in [4.69, 9.17) is 9.47 Å². The summed E-state index contributed by atoms with van der Waals surface area (Å²) in [6.45, 7) is 6.54. The molecule has 1 aliphatic heterocycles. The second-order valence-electron chi connectivity index (χ2n) is 7.90. The van der Waals surface area contributed by atoms with Crippen LogP contribution < -0.4 is 0 Å². The largest absolute Gasteiger partial charge is 0.390 e. The van der Waals surface area contributed by atoms with E-state index in [0.717, 1.165) is 0 Å². The highest BCUT2D eigenvalue weighted by atomic mass is 16.7. The fourth-order valence-electron chi connectivity index (χ4n) is 2.65. The standard InChI is InChI=1S/C16H32O9/c1-7-10(19)13(22)14(23)15(25-7)24-6-9(18)12(21)11(20)8(17)5-16(2,3)4/h7-15,17-23H,5-6H2,1-4H3/t7-,8-,9+,10-,11+,12+,13+,14+,15+/m0/s1. The third-order valence-electron chi connectivity index (χ3n) is 4.20. The maximum absolute atomic E-state index is 9.96. The highest BCUT2D eigenvalue weighted by Crippen LogP contribution is 2.24. The van der Waals surface area contributed by atoms with Gasteiger partial charge in [-0.05, 0) is 18.8 Å². The van der Waals surface area contributed by atoms with Crippen molar-refractivity contribution in [3.8, 4) is 0 Å². The van der Waals surface area contributed by atoms with Gasteiger partial charge in [0.15, 0.2) is 6.29 Å². The van der Waals surface area contributed by atoms with Crippen LogP contribution in [0.5, 0.6) is 0 Å². The molecule has 0 aromatic carbocycles. The molecule has 1 heterocycles. The van der Waals surface area contributed by atoms with Crippen LogP contribution in [0.25, 0.3) is 0 Å². The summed E-state index contributed by atoms with van der Waals surface area (Å²) >= 11 is 0. The second-order valence-corrected chi connectivity index (χ2v) is 7.90. The van der Waals surface area contributed by atoms with E-state index in [1.54, 1.807) is 0 Å². The number of aliphatic hydroxyl groups excluding tert-OH is 7. The zero-order chi connectivity index (χ0) is 19.5. The molecule has 0 aromatic rings. The van der Waals surface area contributed by atoms with Crippen LogP contribution in [0.1, 0.15) is 34.1 Å². The van der Waals surface area contributed by atoms with Gasteiger partial charge in [0.1, 0.15) is 36.6 Å². The van der Waals surface area contributed by atoms with E-state index in [9.17, 15) is 35.7 Å². The Labute approximate surface area is 147 Å². The van der Waals surface area contributed by atoms with Crippen molar-refractivity contribution in [2.24, 2.45) is 5.41 Å². The van der Waals surface area contributed by atoms with Crippen molar-refractivity contribution in [3.05, 3.63) is 0 Å². The Morgan fingerprint density at radius 1 is 0.880 bits per heavy atom. The molecule has 7 N–H and O–H groups in total. The first-order valence-corrected chi connectivity index (χ1v) is 8.38. The van der Waals surface area contributed by atoms with Gasteiger partial charge in [-0.25, -0.2) is 0 Å². The summed E-state index contributed by atoms with van der Waals surface area (Å²) in [6.07, 6.45) is -12.2. The average molecular weight is 368 g/mol. The summed E-state index contributed by atoms with van der Waals surface area (Å²) in [5, 5.41) is 68.9. The molecule has 25 heavy (non-hydrogen) atoms. The van der Waals surface area contributed by atoms with E-state index < -0.39 is 61.7 Å². The van der Waals surface area contributed by atoms with E-state index in [1.165, 1.54) is 6.92 Å². The molecule has 9 heteroatoms. The van der Waals surface area contributed by atoms with E-state index in [1.807, 2.05) is 20.8 Å². The first-order chi connectivity index (χ1) is 11.3. The minimum Gasteiger partial charge on any atom is -0.390 e. The summed E-state index contributed by atoms with van der Waals surface area (Å²) in [6, 6.07) is 0. The van der Waals surface area contributed by atoms with Crippen molar-refractivity contribution < 1.29 is 45.2 Å². The van der Waals surface area contributed by atoms with E-state index in [-0.39, 0.29) is 11.8 Å². The molecular formula is C16H32O9. The van der Waals surface area contributed by atoms with E-state index in [0.29, 0.717) is 0 Å². The van der Waals surface area contributed by atoms with Crippen LogP contribution in [0.3, 0.4) is 0 Å². The van der Waals surface area contributed by atoms with Crippen LogP contribution >= 0.6 is 0 Å². The summed E-state index contributed by atoms with van der Waals surface area (Å²) < 4.78 is 10.4. The van der Waals surface area contributed by atoms with Gasteiger partial charge in [-0.3, -0.25) is 0 Å². The molecule has 0 amide bonds. The Bertz CT molecular complexity index is 400. The quantitative estimate of drug-likeness (QED) is 0.262. The maximum atomic E-state index is 9.96. The number of hydrogen-bond acceptors (Lipinski definition) is 9. The van der Waals surface area contributed by atoms with Gasteiger partial charge in [0, 0.05) is 0 Å². The molecule has 1 fully saturated rings. The Hall–Kier alpha value is -0.360. The molecule has 9 atom stereocenters. The van der Waals surface area contributed by atoms with Crippen molar-refractivity contribution in [2.75, 3.05) is 6.61 Å². The lowest BCUT2D eigenvalue weighted by Gasteiger charge is -2.39. The molecule has 0 bridgehead atoms. The van der Waals surface area contributed by atoms with Crippen LogP contribution in [0, 0.1) is 5.41 Å². The van der Waals surface area contributed by atoms with Gasteiger partial charge in [-0.2, -0.15) is 0 Å². The first kappa shape index (κ1) is 22.7. The fraction of sp³-hybridized carbons (Fsp3) is 1.00. The number of aliphatic hydroxyl groups is 7. The molecule has 0 radical (unpaired) electrons. The summed E-state index contributed by atoms with van der Waals surface area (Å²) in [5.74, 6) is 0. The van der Waals surface area contributed by atoms with Crippen LogP contribution in [-0.2, 0) is 9.47 Å². The Balaban J connectivity index is 2.53. The molecule has 0 aromatic heterocycles. The van der Waals surface area contributed by atoms with Crippen molar-refractivity contribution in [3.63, 3.8) is 0 Å². The summed E-state index contributed by atoms with van der Waals surface area (Å²) in [4.78, 5) is 0. The molecule has 0 saturated carbocycles. The van der Waals surface area contributed by atoms with Crippen molar-refractivity contribution in [2.45, 2.75) is 89.2 Å². The minimum atomic E-state index is -1.67. The fourth-order valence-corrected chi connectivity index (χ4v) is 2.65. The third kappa shape index (κ3) is 6.38. The van der Waals surface area contributed by atoms with Gasteiger partial charge in [0.25, 0.3) is 0 Å². The second kappa shape index (κ2) is 9.03. The zero-order valence-corrected chi connectivity index (χ0v) is 15.1. The molecule has 1 rings (SSSR count). The van der Waals surface area contributed by atoms with Gasteiger partial charge in [0.2, 0.25) is 0 Å². The summed E-state index contributed by atoms with van der Waals surface area (Å²) in [7, 11) is 0. The summed E-state index contributed by atoms with van der Waals surface area (Å²) in [5.41, 5.74) is -0.283. The monoisotopic (exact) mass is 368 g/mol. The molecule has 150 valence electrons. The van der Waals surface area contributed by atoms with E-state index in [2.05, 4.69) is 0 Å². The van der Waals surface area contributed by atoms with Crippen LogP contribution in [0.4, 0.5) is 0 Å². The zero-order valence-electron chi connectivity index (χ0n) is 15.1. The molecule has 1 saturated heterocycles. The maximum Gasteiger partial charge on any atom is 0.186 e. The van der Waals surface area contributed by atoms with Crippen LogP contribution in [0.15, 0.2) is 0 Å². The van der Waals surface area contributed by atoms with Gasteiger partial charge in [-0.15, -0.1) is 0 Å². The molecule has 1 aliphatic rings. The molecule has 0 spiro atoms. The van der Waals surface area contributed by atoms with Crippen molar-refractivity contribution >= 4 is 0 Å². The normalized spacial score (nSPS) is 35.9. The lowest BCUT2D eigenvalue weighted by molar-refractivity contribution is -0.299. The third-order valence-corrected chi connectivity index (χ3v) is 4.20. The van der Waals surface area contributed by atoms with Crippen molar-refractivity contribution in [1.29, 1.82) is 0 Å². The number of hydrogen-bond donors (Lipinski definition) is 7. The predicted octanol–water partition coefficient (Wildman–Crippen LogP) is -2.29. The first-order valence-electron chi connectivity index (χ1n) is 8.38. The highest BCUT2D eigenvalue weighted by Gasteiger charge is 2.43. The Kier molecular flexibility index (Phi) is 8.19. The topological polar surface area (TPSA) is 160 Å². The van der Waals surface area contributed by atoms with Crippen LogP contribution in [-0.4, -0.2) is 97.5 Å². The van der Waals surface area contributed by atoms with Gasteiger partial charge >= 0.3 is 0 Å². The van der Waals surface area contributed by atoms with Gasteiger partial charge < -0.3 is 45.2 Å². The van der Waals surface area contributed by atoms with Crippen molar-refractivity contribution in [1.82, 2.24) is 0 Å². The lowest BCUT2D eigenvalue weighted by Crippen LogP contribution is -2.58. The smallest absolute Gasteiger partial charge is 0.186 e. The average Bonchev–Trinajstić information content (AvgIpc) is 2.51. The minimum absolute atomic E-state index is 0.213. The van der Waals surface area contributed by atoms with E-state index >= 15 is 0 Å². The highest BCUT2D eigenvalue weighted by molar-refractivity contribution is 4.88. The number of ether oxygens (including phenoxy) is 2. The number of rotatable bonds is 7. The Morgan fingerprint density at radius 3 is 1.92 bits per heavy atom. The SMILES string of the molecule is C[C@@H]1O[C@@H](OC[C@@H](O)[C@@H](O)[C@H](O)[C@@H](O)CC(C)(C)C)[C@H](O)[C@H](O)[C@H]1O. The predicted molar refractivity (Wildman–Crippen MR) is 86.4 cm³/mol. The molecule has 0 aliphatic carbocycles. The van der Waals surface area contributed by atoms with Gasteiger partial charge in [0.05, 0.1) is 18.8 Å². The van der Waals surface area contributed by atoms with Crippen LogP contribution in [0.2, 0.25) is 0 Å². The van der Waals surface area contributed by atoms with Gasteiger partial charge in [-0.1, -0.05) is 20.8 Å². The molecule has 9 nitrogen and oxygen atoms in total.